The Morgan fingerprint density at radius 3 is 2.14 bits per heavy atom. The van der Waals surface area contributed by atoms with E-state index in [-0.39, 0.29) is 19.6 Å². The van der Waals surface area contributed by atoms with Crippen LogP contribution in [-0.4, -0.2) is 18.5 Å². The monoisotopic (exact) mass is 301 g/mol. The number of benzene rings is 2. The standard InChI is InChI=1S/C19H22O3/c1-19(16-20,22-15-18-10-6-3-7-11-18)12-13-21-14-17-8-4-2-5-9-17/h2-11,16H,12-15H2,1H3/t19-/m0/s1/i1D3. The van der Waals surface area contributed by atoms with E-state index < -0.39 is 12.5 Å². The van der Waals surface area contributed by atoms with E-state index in [4.69, 9.17) is 13.6 Å². The molecule has 0 aliphatic heterocycles. The SMILES string of the molecule is [2H]C([2H])([2H])[C@@](C=O)(CCOCc1ccccc1)OCc1ccccc1. The van der Waals surface area contributed by atoms with Crippen molar-refractivity contribution in [1.82, 2.24) is 0 Å². The Morgan fingerprint density at radius 1 is 1.00 bits per heavy atom. The fourth-order valence-corrected chi connectivity index (χ4v) is 1.94. The quantitative estimate of drug-likeness (QED) is 0.522. The van der Waals surface area contributed by atoms with E-state index in [1.54, 1.807) is 0 Å². The van der Waals surface area contributed by atoms with Gasteiger partial charge in [-0.05, 0) is 18.0 Å². The highest BCUT2D eigenvalue weighted by atomic mass is 16.5. The van der Waals surface area contributed by atoms with Crippen LogP contribution < -0.4 is 0 Å². The van der Waals surface area contributed by atoms with E-state index in [0.717, 1.165) is 11.1 Å². The second kappa shape index (κ2) is 8.47. The summed E-state index contributed by atoms with van der Waals surface area (Å²) < 4.78 is 34.3. The van der Waals surface area contributed by atoms with Gasteiger partial charge in [-0.15, -0.1) is 0 Å². The fraction of sp³-hybridized carbons (Fsp3) is 0.316. The van der Waals surface area contributed by atoms with Gasteiger partial charge < -0.3 is 14.3 Å². The number of ether oxygens (including phenoxy) is 2. The van der Waals surface area contributed by atoms with Crippen LogP contribution in [-0.2, 0) is 27.5 Å². The second-order valence-electron chi connectivity index (χ2n) is 5.07. The normalized spacial score (nSPS) is 16.1. The number of carbonyl (C=O) groups excluding carboxylic acids is 1. The number of aldehydes is 1. The van der Waals surface area contributed by atoms with Gasteiger partial charge in [-0.2, -0.15) is 0 Å². The Labute approximate surface area is 136 Å². The summed E-state index contributed by atoms with van der Waals surface area (Å²) in [6.45, 7) is -2.05. The van der Waals surface area contributed by atoms with Gasteiger partial charge in [-0.1, -0.05) is 60.7 Å². The molecule has 0 heterocycles. The van der Waals surface area contributed by atoms with Gasteiger partial charge >= 0.3 is 0 Å². The van der Waals surface area contributed by atoms with Crippen molar-refractivity contribution in [1.29, 1.82) is 0 Å². The summed E-state index contributed by atoms with van der Waals surface area (Å²) in [5, 5.41) is 0. The Balaban J connectivity index is 1.96. The van der Waals surface area contributed by atoms with Crippen LogP contribution in [0.3, 0.4) is 0 Å². The summed E-state index contributed by atoms with van der Waals surface area (Å²) in [7, 11) is 0. The molecular weight excluding hydrogens is 276 g/mol. The number of carbonyl (C=O) groups is 1. The molecule has 3 heteroatoms. The van der Waals surface area contributed by atoms with E-state index in [1.807, 2.05) is 60.7 Å². The molecule has 3 nitrogen and oxygen atoms in total. The van der Waals surface area contributed by atoms with Gasteiger partial charge in [0.15, 0.2) is 6.29 Å². The molecule has 0 N–H and O–H groups in total. The summed E-state index contributed by atoms with van der Waals surface area (Å²) in [4.78, 5) is 11.6. The van der Waals surface area contributed by atoms with Crippen molar-refractivity contribution in [2.75, 3.05) is 6.61 Å². The van der Waals surface area contributed by atoms with Gasteiger partial charge in [-0.3, -0.25) is 0 Å². The lowest BCUT2D eigenvalue weighted by atomic mass is 10.1. The highest BCUT2D eigenvalue weighted by molar-refractivity contribution is 5.61. The molecule has 116 valence electrons. The summed E-state index contributed by atoms with van der Waals surface area (Å²) in [5.74, 6) is 0. The Morgan fingerprint density at radius 2 is 1.59 bits per heavy atom. The van der Waals surface area contributed by atoms with Crippen LogP contribution in [0.2, 0.25) is 0 Å². The zero-order valence-electron chi connectivity index (χ0n) is 15.4. The van der Waals surface area contributed by atoms with Gasteiger partial charge in [0.05, 0.1) is 19.8 Å². The zero-order chi connectivity index (χ0) is 18.2. The summed E-state index contributed by atoms with van der Waals surface area (Å²) in [5.41, 5.74) is -0.0824. The molecule has 0 bridgehead atoms. The van der Waals surface area contributed by atoms with E-state index in [1.165, 1.54) is 0 Å². The Kier molecular flexibility index (Phi) is 4.83. The number of rotatable bonds is 9. The molecule has 0 aliphatic carbocycles. The number of hydrogen-bond acceptors (Lipinski definition) is 3. The van der Waals surface area contributed by atoms with Gasteiger partial charge in [-0.25, -0.2) is 0 Å². The van der Waals surface area contributed by atoms with Crippen LogP contribution >= 0.6 is 0 Å². The lowest BCUT2D eigenvalue weighted by molar-refractivity contribution is -0.133. The molecule has 0 saturated heterocycles. The van der Waals surface area contributed by atoms with Crippen LogP contribution in [0, 0.1) is 0 Å². The average Bonchev–Trinajstić information content (AvgIpc) is 2.62. The van der Waals surface area contributed by atoms with E-state index in [0.29, 0.717) is 12.9 Å². The van der Waals surface area contributed by atoms with E-state index in [2.05, 4.69) is 0 Å². The predicted octanol–water partition coefficient (Wildman–Crippen LogP) is 3.77. The summed E-state index contributed by atoms with van der Waals surface area (Å²) >= 11 is 0. The van der Waals surface area contributed by atoms with Crippen LogP contribution in [0.25, 0.3) is 0 Å². The van der Waals surface area contributed by atoms with Crippen LogP contribution in [0.1, 0.15) is 28.5 Å². The molecule has 0 saturated carbocycles. The minimum absolute atomic E-state index is 0.0351. The molecular formula is C19H22O3. The predicted molar refractivity (Wildman–Crippen MR) is 86.4 cm³/mol. The van der Waals surface area contributed by atoms with Crippen molar-refractivity contribution in [3.63, 3.8) is 0 Å². The van der Waals surface area contributed by atoms with Crippen molar-refractivity contribution < 1.29 is 18.4 Å². The molecule has 0 fully saturated rings. The Hall–Kier alpha value is -1.97. The lowest BCUT2D eigenvalue weighted by Crippen LogP contribution is -2.32. The molecule has 2 rings (SSSR count). The van der Waals surface area contributed by atoms with Crippen molar-refractivity contribution in [3.8, 4) is 0 Å². The topological polar surface area (TPSA) is 35.5 Å². The molecule has 0 spiro atoms. The molecule has 0 radical (unpaired) electrons. The maximum absolute atomic E-state index is 11.6. The maximum Gasteiger partial charge on any atom is 0.151 e. The minimum atomic E-state index is -2.57. The first kappa shape index (κ1) is 12.6. The van der Waals surface area contributed by atoms with Gasteiger partial charge in [0.25, 0.3) is 0 Å². The first-order chi connectivity index (χ1) is 12.0. The molecule has 22 heavy (non-hydrogen) atoms. The molecule has 2 aromatic carbocycles. The zero-order valence-corrected chi connectivity index (χ0v) is 12.4. The van der Waals surface area contributed by atoms with Crippen LogP contribution in [0.4, 0.5) is 0 Å². The lowest BCUT2D eigenvalue weighted by Gasteiger charge is -2.23. The fourth-order valence-electron chi connectivity index (χ4n) is 1.94. The largest absolute Gasteiger partial charge is 0.377 e. The number of hydrogen-bond donors (Lipinski definition) is 0. The molecule has 0 aliphatic rings. The van der Waals surface area contributed by atoms with Crippen molar-refractivity contribution in [3.05, 3.63) is 71.8 Å². The third kappa shape index (κ3) is 5.43. The van der Waals surface area contributed by atoms with E-state index in [9.17, 15) is 4.79 Å². The summed E-state index contributed by atoms with van der Waals surface area (Å²) in [6.07, 6.45) is 0.349. The summed E-state index contributed by atoms with van der Waals surface area (Å²) in [6, 6.07) is 18.7. The first-order valence-electron chi connectivity index (χ1n) is 8.73. The van der Waals surface area contributed by atoms with Gasteiger partial charge in [0, 0.05) is 10.5 Å². The highest BCUT2D eigenvalue weighted by Crippen LogP contribution is 2.16. The van der Waals surface area contributed by atoms with Gasteiger partial charge in [0.2, 0.25) is 0 Å². The van der Waals surface area contributed by atoms with Crippen molar-refractivity contribution in [2.45, 2.75) is 32.1 Å². The van der Waals surface area contributed by atoms with Crippen LogP contribution in [0.15, 0.2) is 60.7 Å². The highest BCUT2D eigenvalue weighted by Gasteiger charge is 2.24. The molecule has 0 aromatic heterocycles. The molecule has 2 aromatic rings. The Bertz CT molecular complexity index is 644. The van der Waals surface area contributed by atoms with Crippen molar-refractivity contribution in [2.24, 2.45) is 0 Å². The minimum Gasteiger partial charge on any atom is -0.377 e. The molecule has 0 amide bonds. The third-order valence-electron chi connectivity index (χ3n) is 3.26. The van der Waals surface area contributed by atoms with Crippen molar-refractivity contribution >= 4 is 6.29 Å². The van der Waals surface area contributed by atoms with Crippen LogP contribution in [0.5, 0.6) is 0 Å². The average molecular weight is 301 g/mol. The molecule has 1 atom stereocenters. The van der Waals surface area contributed by atoms with E-state index >= 15 is 0 Å². The maximum atomic E-state index is 11.6. The second-order valence-corrected chi connectivity index (χ2v) is 5.07. The third-order valence-corrected chi connectivity index (χ3v) is 3.26. The first-order valence-corrected chi connectivity index (χ1v) is 7.23. The smallest absolute Gasteiger partial charge is 0.151 e. The van der Waals surface area contributed by atoms with Gasteiger partial charge in [0.1, 0.15) is 5.60 Å². The molecule has 0 unspecified atom stereocenters.